The van der Waals surface area contributed by atoms with Crippen LogP contribution in [0.25, 0.3) is 0 Å². The summed E-state index contributed by atoms with van der Waals surface area (Å²) in [6, 6.07) is 6.30. The summed E-state index contributed by atoms with van der Waals surface area (Å²) in [5, 5.41) is 3.96. The Balaban J connectivity index is 2.64. The monoisotopic (exact) mass is 243 g/mol. The molecular formula is C12H18ClNS. The summed E-state index contributed by atoms with van der Waals surface area (Å²) in [6.45, 7) is 5.28. The third-order valence-electron chi connectivity index (χ3n) is 1.98. The zero-order chi connectivity index (χ0) is 11.3. The van der Waals surface area contributed by atoms with E-state index in [1.807, 2.05) is 18.8 Å². The van der Waals surface area contributed by atoms with E-state index < -0.39 is 0 Å². The summed E-state index contributed by atoms with van der Waals surface area (Å²) in [5.74, 6) is 1.85. The summed E-state index contributed by atoms with van der Waals surface area (Å²) >= 11 is 8.03. The van der Waals surface area contributed by atoms with E-state index in [0.29, 0.717) is 5.92 Å². The molecule has 0 atom stereocenters. The molecule has 0 saturated carbocycles. The topological polar surface area (TPSA) is 12.0 Å². The van der Waals surface area contributed by atoms with Crippen LogP contribution in [0.3, 0.4) is 0 Å². The molecule has 0 aliphatic heterocycles. The third kappa shape index (κ3) is 4.45. The zero-order valence-electron chi connectivity index (χ0n) is 9.51. The van der Waals surface area contributed by atoms with Crippen molar-refractivity contribution in [2.45, 2.75) is 25.3 Å². The van der Waals surface area contributed by atoms with Gasteiger partial charge in [-0.15, -0.1) is 11.8 Å². The highest BCUT2D eigenvalue weighted by Crippen LogP contribution is 2.26. The van der Waals surface area contributed by atoms with Gasteiger partial charge in [-0.05, 0) is 30.7 Å². The fourth-order valence-electron chi connectivity index (χ4n) is 1.21. The van der Waals surface area contributed by atoms with E-state index in [1.165, 1.54) is 4.90 Å². The van der Waals surface area contributed by atoms with Crippen molar-refractivity contribution in [2.24, 2.45) is 5.92 Å². The van der Waals surface area contributed by atoms with E-state index in [4.69, 9.17) is 11.6 Å². The molecule has 0 saturated heterocycles. The van der Waals surface area contributed by atoms with Crippen molar-refractivity contribution < 1.29 is 0 Å². The van der Waals surface area contributed by atoms with E-state index in [9.17, 15) is 0 Å². The SMILES string of the molecule is CNCc1ccc(SCC(C)C)cc1Cl. The number of benzene rings is 1. The average Bonchev–Trinajstić information content (AvgIpc) is 2.19. The second-order valence-electron chi connectivity index (χ2n) is 3.99. The predicted molar refractivity (Wildman–Crippen MR) is 69.8 cm³/mol. The van der Waals surface area contributed by atoms with E-state index in [1.54, 1.807) is 0 Å². The van der Waals surface area contributed by atoms with E-state index in [0.717, 1.165) is 22.9 Å². The van der Waals surface area contributed by atoms with Crippen LogP contribution in [-0.2, 0) is 6.54 Å². The third-order valence-corrected chi connectivity index (χ3v) is 3.75. The minimum absolute atomic E-state index is 0.714. The van der Waals surface area contributed by atoms with Crippen molar-refractivity contribution in [2.75, 3.05) is 12.8 Å². The standard InChI is InChI=1S/C12H18ClNS/c1-9(2)8-15-11-5-4-10(7-14-3)12(13)6-11/h4-6,9,14H,7-8H2,1-3H3. The molecule has 0 aliphatic rings. The number of hydrogen-bond acceptors (Lipinski definition) is 2. The Hall–Kier alpha value is -0.180. The smallest absolute Gasteiger partial charge is 0.0462 e. The van der Waals surface area contributed by atoms with Crippen LogP contribution in [0, 0.1) is 5.92 Å². The molecular weight excluding hydrogens is 226 g/mol. The Morgan fingerprint density at radius 2 is 2.13 bits per heavy atom. The highest BCUT2D eigenvalue weighted by atomic mass is 35.5. The lowest BCUT2D eigenvalue weighted by Crippen LogP contribution is -2.05. The fourth-order valence-corrected chi connectivity index (χ4v) is 2.42. The van der Waals surface area contributed by atoms with E-state index >= 15 is 0 Å². The van der Waals surface area contributed by atoms with Gasteiger partial charge in [-0.2, -0.15) is 0 Å². The Bertz CT molecular complexity index is 312. The largest absolute Gasteiger partial charge is 0.316 e. The Labute approximate surface area is 102 Å². The number of nitrogens with one attached hydrogen (secondary N) is 1. The van der Waals surface area contributed by atoms with Gasteiger partial charge < -0.3 is 5.32 Å². The minimum atomic E-state index is 0.714. The molecule has 0 radical (unpaired) electrons. The summed E-state index contributed by atoms with van der Waals surface area (Å²) in [5.41, 5.74) is 1.16. The van der Waals surface area contributed by atoms with Crippen LogP contribution >= 0.6 is 23.4 Å². The lowest BCUT2D eigenvalue weighted by atomic mass is 10.2. The lowest BCUT2D eigenvalue weighted by Gasteiger charge is -2.07. The number of halogens is 1. The maximum atomic E-state index is 6.17. The Morgan fingerprint density at radius 3 is 2.67 bits per heavy atom. The summed E-state index contributed by atoms with van der Waals surface area (Å²) < 4.78 is 0. The van der Waals surface area contributed by atoms with Gasteiger partial charge in [0.2, 0.25) is 0 Å². The average molecular weight is 244 g/mol. The maximum absolute atomic E-state index is 6.17. The molecule has 0 aromatic heterocycles. The molecule has 84 valence electrons. The van der Waals surface area contributed by atoms with Gasteiger partial charge in [0.1, 0.15) is 0 Å². The first-order valence-electron chi connectivity index (χ1n) is 5.19. The van der Waals surface area contributed by atoms with Crippen molar-refractivity contribution in [3.8, 4) is 0 Å². The summed E-state index contributed by atoms with van der Waals surface area (Å²) in [6.07, 6.45) is 0. The quantitative estimate of drug-likeness (QED) is 0.790. The normalized spacial score (nSPS) is 11.0. The van der Waals surface area contributed by atoms with Crippen molar-refractivity contribution in [3.05, 3.63) is 28.8 Å². The van der Waals surface area contributed by atoms with Crippen LogP contribution in [0.5, 0.6) is 0 Å². The highest BCUT2D eigenvalue weighted by Gasteiger charge is 2.02. The van der Waals surface area contributed by atoms with E-state index in [-0.39, 0.29) is 0 Å². The number of rotatable bonds is 5. The second kappa shape index (κ2) is 6.41. The van der Waals surface area contributed by atoms with Crippen molar-refractivity contribution in [3.63, 3.8) is 0 Å². The van der Waals surface area contributed by atoms with Gasteiger partial charge in [0.25, 0.3) is 0 Å². The molecule has 0 heterocycles. The first-order chi connectivity index (χ1) is 7.13. The van der Waals surface area contributed by atoms with Crippen LogP contribution < -0.4 is 5.32 Å². The van der Waals surface area contributed by atoms with Gasteiger partial charge in [0, 0.05) is 22.2 Å². The zero-order valence-corrected chi connectivity index (χ0v) is 11.1. The van der Waals surface area contributed by atoms with Gasteiger partial charge in [0.15, 0.2) is 0 Å². The molecule has 0 unspecified atom stereocenters. The van der Waals surface area contributed by atoms with Crippen LogP contribution in [0.1, 0.15) is 19.4 Å². The summed E-state index contributed by atoms with van der Waals surface area (Å²) in [4.78, 5) is 1.26. The van der Waals surface area contributed by atoms with Crippen LogP contribution in [0.2, 0.25) is 5.02 Å². The first kappa shape index (κ1) is 12.9. The molecule has 15 heavy (non-hydrogen) atoms. The number of hydrogen-bond donors (Lipinski definition) is 1. The maximum Gasteiger partial charge on any atom is 0.0462 e. The molecule has 1 aromatic carbocycles. The Morgan fingerprint density at radius 1 is 1.40 bits per heavy atom. The highest BCUT2D eigenvalue weighted by molar-refractivity contribution is 7.99. The van der Waals surface area contributed by atoms with Crippen molar-refractivity contribution in [1.29, 1.82) is 0 Å². The van der Waals surface area contributed by atoms with Crippen LogP contribution in [-0.4, -0.2) is 12.8 Å². The molecule has 1 nitrogen and oxygen atoms in total. The van der Waals surface area contributed by atoms with Gasteiger partial charge >= 0.3 is 0 Å². The van der Waals surface area contributed by atoms with Gasteiger partial charge in [-0.25, -0.2) is 0 Å². The van der Waals surface area contributed by atoms with Gasteiger partial charge in [0.05, 0.1) is 0 Å². The molecule has 3 heteroatoms. The fraction of sp³-hybridized carbons (Fsp3) is 0.500. The van der Waals surface area contributed by atoms with Crippen LogP contribution in [0.15, 0.2) is 23.1 Å². The van der Waals surface area contributed by atoms with Crippen molar-refractivity contribution in [1.82, 2.24) is 5.32 Å². The molecule has 0 fully saturated rings. The minimum Gasteiger partial charge on any atom is -0.316 e. The van der Waals surface area contributed by atoms with E-state index in [2.05, 4.69) is 37.4 Å². The molecule has 1 aromatic rings. The molecule has 0 spiro atoms. The number of thioether (sulfide) groups is 1. The van der Waals surface area contributed by atoms with Gasteiger partial charge in [-0.1, -0.05) is 31.5 Å². The lowest BCUT2D eigenvalue weighted by molar-refractivity contribution is 0.750. The molecule has 1 rings (SSSR count). The predicted octanol–water partition coefficient (Wildman–Crippen LogP) is 3.81. The Kier molecular flexibility index (Phi) is 5.51. The molecule has 0 aliphatic carbocycles. The molecule has 1 N–H and O–H groups in total. The second-order valence-corrected chi connectivity index (χ2v) is 5.49. The molecule has 0 bridgehead atoms. The van der Waals surface area contributed by atoms with Crippen LogP contribution in [0.4, 0.5) is 0 Å². The van der Waals surface area contributed by atoms with Gasteiger partial charge in [-0.3, -0.25) is 0 Å². The summed E-state index contributed by atoms with van der Waals surface area (Å²) in [7, 11) is 1.93. The molecule has 0 amide bonds. The van der Waals surface area contributed by atoms with Crippen molar-refractivity contribution >= 4 is 23.4 Å². The first-order valence-corrected chi connectivity index (χ1v) is 6.55.